The third kappa shape index (κ3) is 2.19. The summed E-state index contributed by atoms with van der Waals surface area (Å²) in [6.07, 6.45) is 1.18. The fourth-order valence-corrected chi connectivity index (χ4v) is 2.90. The van der Waals surface area contributed by atoms with E-state index in [2.05, 4.69) is 56.1 Å². The molecular formula is C15H24N2. The number of nitrogens with zero attached hydrogens (tertiary/aromatic N) is 1. The number of nitrogens with one attached hydrogen (secondary N) is 1. The predicted molar refractivity (Wildman–Crippen MR) is 74.7 cm³/mol. The highest BCUT2D eigenvalue weighted by Gasteiger charge is 2.27. The van der Waals surface area contributed by atoms with E-state index in [0.717, 1.165) is 0 Å². The Hall–Kier alpha value is -1.02. The van der Waals surface area contributed by atoms with Crippen molar-refractivity contribution in [2.24, 2.45) is 0 Å². The molecule has 0 fully saturated rings. The molecule has 0 aliphatic carbocycles. The summed E-state index contributed by atoms with van der Waals surface area (Å²) in [6, 6.07) is 8.57. The summed E-state index contributed by atoms with van der Waals surface area (Å²) in [7, 11) is 2.01. The first-order valence-electron chi connectivity index (χ1n) is 6.63. The lowest BCUT2D eigenvalue weighted by Crippen LogP contribution is -2.35. The minimum atomic E-state index is 0.434. The van der Waals surface area contributed by atoms with Gasteiger partial charge in [-0.25, -0.2) is 0 Å². The van der Waals surface area contributed by atoms with Gasteiger partial charge in [0, 0.05) is 23.8 Å². The third-order valence-electron chi connectivity index (χ3n) is 3.86. The van der Waals surface area contributed by atoms with Gasteiger partial charge in [-0.3, -0.25) is 0 Å². The summed E-state index contributed by atoms with van der Waals surface area (Å²) in [4.78, 5) is 2.53. The molecule has 0 aromatic heterocycles. The summed E-state index contributed by atoms with van der Waals surface area (Å²) in [5.74, 6) is 0. The zero-order valence-corrected chi connectivity index (χ0v) is 11.6. The maximum atomic E-state index is 3.30. The Balaban J connectivity index is 2.34. The van der Waals surface area contributed by atoms with Crippen LogP contribution in [0.4, 0.5) is 5.69 Å². The minimum absolute atomic E-state index is 0.434. The monoisotopic (exact) mass is 232 g/mol. The van der Waals surface area contributed by atoms with Gasteiger partial charge in [0.1, 0.15) is 0 Å². The van der Waals surface area contributed by atoms with Crippen molar-refractivity contribution in [2.75, 3.05) is 11.9 Å². The maximum Gasteiger partial charge on any atom is 0.0404 e. The van der Waals surface area contributed by atoms with Crippen LogP contribution in [0.3, 0.4) is 0 Å². The lowest BCUT2D eigenvalue weighted by molar-refractivity contribution is 0.605. The molecule has 2 unspecified atom stereocenters. The largest absolute Gasteiger partial charge is 0.366 e. The van der Waals surface area contributed by atoms with Gasteiger partial charge in [-0.15, -0.1) is 0 Å². The number of fused-ring (bicyclic) bond motifs is 1. The van der Waals surface area contributed by atoms with Gasteiger partial charge in [-0.1, -0.05) is 12.1 Å². The van der Waals surface area contributed by atoms with Crippen LogP contribution in [0.25, 0.3) is 0 Å². The standard InChI is InChI=1S/C15H24N2/c1-10(2)17-11(3)8-14-9-13(12(4)16-5)6-7-15(14)17/h6-7,9-12,16H,8H2,1-5H3. The van der Waals surface area contributed by atoms with Crippen molar-refractivity contribution >= 4 is 5.69 Å². The van der Waals surface area contributed by atoms with Crippen LogP contribution in [0.15, 0.2) is 18.2 Å². The molecule has 1 aromatic carbocycles. The van der Waals surface area contributed by atoms with Crippen LogP contribution >= 0.6 is 0 Å². The molecule has 2 nitrogen and oxygen atoms in total. The van der Waals surface area contributed by atoms with Crippen molar-refractivity contribution in [1.82, 2.24) is 5.32 Å². The lowest BCUT2D eigenvalue weighted by Gasteiger charge is -2.29. The van der Waals surface area contributed by atoms with E-state index in [4.69, 9.17) is 0 Å². The second-order valence-corrected chi connectivity index (χ2v) is 5.45. The second kappa shape index (κ2) is 4.69. The Morgan fingerprint density at radius 1 is 1.29 bits per heavy atom. The Morgan fingerprint density at radius 2 is 2.00 bits per heavy atom. The Labute approximate surface area is 105 Å². The highest BCUT2D eigenvalue weighted by molar-refractivity contribution is 5.61. The average molecular weight is 232 g/mol. The van der Waals surface area contributed by atoms with Gasteiger partial charge in [0.05, 0.1) is 0 Å². The summed E-state index contributed by atoms with van der Waals surface area (Å²) >= 11 is 0. The minimum Gasteiger partial charge on any atom is -0.366 e. The number of hydrogen-bond acceptors (Lipinski definition) is 2. The third-order valence-corrected chi connectivity index (χ3v) is 3.86. The van der Waals surface area contributed by atoms with Crippen LogP contribution in [0.2, 0.25) is 0 Å². The normalized spacial score (nSPS) is 20.8. The van der Waals surface area contributed by atoms with Gasteiger partial charge >= 0.3 is 0 Å². The molecule has 0 spiro atoms. The fourth-order valence-electron chi connectivity index (χ4n) is 2.90. The van der Waals surface area contributed by atoms with Crippen LogP contribution in [0.1, 0.15) is 44.9 Å². The first-order chi connectivity index (χ1) is 8.04. The summed E-state index contributed by atoms with van der Waals surface area (Å²) in [5, 5.41) is 3.30. The summed E-state index contributed by atoms with van der Waals surface area (Å²) < 4.78 is 0. The van der Waals surface area contributed by atoms with E-state index in [1.165, 1.54) is 23.2 Å². The van der Waals surface area contributed by atoms with Gasteiger partial charge in [0.25, 0.3) is 0 Å². The molecule has 0 bridgehead atoms. The van der Waals surface area contributed by atoms with Crippen LogP contribution in [-0.4, -0.2) is 19.1 Å². The molecule has 1 heterocycles. The summed E-state index contributed by atoms with van der Waals surface area (Å²) in [6.45, 7) is 9.08. The first-order valence-corrected chi connectivity index (χ1v) is 6.63. The van der Waals surface area contributed by atoms with E-state index in [9.17, 15) is 0 Å². The molecule has 94 valence electrons. The fraction of sp³-hybridized carbons (Fsp3) is 0.600. The highest BCUT2D eigenvalue weighted by atomic mass is 15.2. The Kier molecular flexibility index (Phi) is 3.43. The molecule has 0 radical (unpaired) electrons. The van der Waals surface area contributed by atoms with Crippen molar-refractivity contribution in [2.45, 2.75) is 52.2 Å². The molecular weight excluding hydrogens is 208 g/mol. The molecule has 0 saturated heterocycles. The number of benzene rings is 1. The number of rotatable bonds is 3. The second-order valence-electron chi connectivity index (χ2n) is 5.45. The van der Waals surface area contributed by atoms with Crippen molar-refractivity contribution in [1.29, 1.82) is 0 Å². The SMILES string of the molecule is CNC(C)c1ccc2c(c1)CC(C)N2C(C)C. The average Bonchev–Trinajstić information content (AvgIpc) is 2.62. The molecule has 1 aromatic rings. The molecule has 1 N–H and O–H groups in total. The van der Waals surface area contributed by atoms with Gasteiger partial charge in [0.15, 0.2) is 0 Å². The molecule has 1 aliphatic rings. The van der Waals surface area contributed by atoms with Gasteiger partial charge in [-0.2, -0.15) is 0 Å². The quantitative estimate of drug-likeness (QED) is 0.861. The predicted octanol–water partition coefficient (Wildman–Crippen LogP) is 3.13. The van der Waals surface area contributed by atoms with Gasteiger partial charge in [-0.05, 0) is 58.4 Å². The number of anilines is 1. The zero-order valence-electron chi connectivity index (χ0n) is 11.6. The first kappa shape index (κ1) is 12.4. The highest BCUT2D eigenvalue weighted by Crippen LogP contribution is 2.35. The van der Waals surface area contributed by atoms with Gasteiger partial charge in [0.2, 0.25) is 0 Å². The van der Waals surface area contributed by atoms with Crippen LogP contribution < -0.4 is 10.2 Å². The maximum absolute atomic E-state index is 3.30. The molecule has 2 atom stereocenters. The van der Waals surface area contributed by atoms with Crippen LogP contribution in [0, 0.1) is 0 Å². The Bertz CT molecular complexity index is 398. The zero-order chi connectivity index (χ0) is 12.6. The van der Waals surface area contributed by atoms with Crippen LogP contribution in [0.5, 0.6) is 0 Å². The van der Waals surface area contributed by atoms with E-state index in [1.807, 2.05) is 7.05 Å². The van der Waals surface area contributed by atoms with Crippen molar-refractivity contribution in [3.8, 4) is 0 Å². The van der Waals surface area contributed by atoms with Gasteiger partial charge < -0.3 is 10.2 Å². The molecule has 0 amide bonds. The Morgan fingerprint density at radius 3 is 2.59 bits per heavy atom. The molecule has 2 heteroatoms. The lowest BCUT2D eigenvalue weighted by atomic mass is 10.0. The van der Waals surface area contributed by atoms with Crippen LogP contribution in [-0.2, 0) is 6.42 Å². The molecule has 17 heavy (non-hydrogen) atoms. The van der Waals surface area contributed by atoms with E-state index in [1.54, 1.807) is 0 Å². The molecule has 2 rings (SSSR count). The topological polar surface area (TPSA) is 15.3 Å². The van der Waals surface area contributed by atoms with Crippen molar-refractivity contribution in [3.05, 3.63) is 29.3 Å². The van der Waals surface area contributed by atoms with Crippen molar-refractivity contribution in [3.63, 3.8) is 0 Å². The van der Waals surface area contributed by atoms with E-state index in [0.29, 0.717) is 18.1 Å². The van der Waals surface area contributed by atoms with E-state index < -0.39 is 0 Å². The summed E-state index contributed by atoms with van der Waals surface area (Å²) in [5.41, 5.74) is 4.33. The van der Waals surface area contributed by atoms with E-state index in [-0.39, 0.29) is 0 Å². The molecule has 0 saturated carbocycles. The van der Waals surface area contributed by atoms with Crippen molar-refractivity contribution < 1.29 is 0 Å². The molecule has 1 aliphatic heterocycles. The smallest absolute Gasteiger partial charge is 0.0404 e. The number of hydrogen-bond donors (Lipinski definition) is 1. The van der Waals surface area contributed by atoms with E-state index >= 15 is 0 Å².